The molecule has 0 aliphatic carbocycles. The molecule has 0 saturated carbocycles. The smallest absolute Gasteiger partial charge is 0.239 e. The number of fused-ring (bicyclic) bond motifs is 1. The Morgan fingerprint density at radius 3 is 2.44 bits per heavy atom. The van der Waals surface area contributed by atoms with E-state index in [1.165, 1.54) is 6.07 Å². The van der Waals surface area contributed by atoms with Crippen LogP contribution in [0.1, 0.15) is 11.1 Å². The van der Waals surface area contributed by atoms with Gasteiger partial charge in [-0.2, -0.15) is 21.6 Å². The number of nitrogens with zero attached hydrogens (tertiary/aromatic N) is 1. The van der Waals surface area contributed by atoms with Crippen LogP contribution in [0.25, 0.3) is 0 Å². The average Bonchev–Trinajstić information content (AvgIpc) is 2.53. The third-order valence-electron chi connectivity index (χ3n) is 3.66. The highest BCUT2D eigenvalue weighted by Gasteiger charge is 2.37. The fourth-order valence-electron chi connectivity index (χ4n) is 2.58. The molecule has 2 aromatic rings. The number of nitrogens with one attached hydrogen (secondary N) is 1. The SMILES string of the molecule is NS(=O)(=O)N1c2cc(C(F)(F)F)ccc2SNC1Cc1ccccc1. The standard InChI is InChI=1S/C15H14F3N3O2S2/c16-15(17,18)11-6-7-13-12(9-11)21(25(19,22)23)14(20-24-13)8-10-4-2-1-3-5-10/h1-7,9,14,20H,8H2,(H2,19,22,23). The van der Waals surface area contributed by atoms with Crippen LogP contribution in [0.5, 0.6) is 0 Å². The number of rotatable bonds is 3. The highest BCUT2D eigenvalue weighted by Crippen LogP contribution is 2.40. The predicted octanol–water partition coefficient (Wildman–Crippen LogP) is 2.89. The van der Waals surface area contributed by atoms with Gasteiger partial charge in [-0.1, -0.05) is 30.3 Å². The predicted molar refractivity (Wildman–Crippen MR) is 90.0 cm³/mol. The van der Waals surface area contributed by atoms with Crippen LogP contribution in [-0.4, -0.2) is 14.6 Å². The van der Waals surface area contributed by atoms with Crippen molar-refractivity contribution in [1.82, 2.24) is 4.72 Å². The summed E-state index contributed by atoms with van der Waals surface area (Å²) in [5.41, 5.74) is -0.187. The number of halogens is 3. The molecule has 3 rings (SSSR count). The lowest BCUT2D eigenvalue weighted by molar-refractivity contribution is -0.137. The third-order valence-corrected chi connectivity index (χ3v) is 5.61. The van der Waals surface area contributed by atoms with Gasteiger partial charge in [0.1, 0.15) is 6.17 Å². The van der Waals surface area contributed by atoms with Crippen LogP contribution < -0.4 is 14.2 Å². The minimum absolute atomic E-state index is 0.0815. The molecule has 1 unspecified atom stereocenters. The Labute approximate surface area is 147 Å². The van der Waals surface area contributed by atoms with Crippen LogP contribution in [0.2, 0.25) is 0 Å². The van der Waals surface area contributed by atoms with E-state index < -0.39 is 28.1 Å². The van der Waals surface area contributed by atoms with E-state index in [9.17, 15) is 21.6 Å². The molecule has 10 heteroatoms. The molecular weight excluding hydrogens is 375 g/mol. The molecule has 0 amide bonds. The van der Waals surface area contributed by atoms with Gasteiger partial charge in [-0.15, -0.1) is 0 Å². The van der Waals surface area contributed by atoms with Gasteiger partial charge in [0.2, 0.25) is 0 Å². The normalized spacial score (nSPS) is 18.1. The van der Waals surface area contributed by atoms with Crippen LogP contribution in [0.4, 0.5) is 18.9 Å². The number of hydrogen-bond donors (Lipinski definition) is 2. The fraction of sp³-hybridized carbons (Fsp3) is 0.200. The van der Waals surface area contributed by atoms with E-state index in [1.54, 1.807) is 24.3 Å². The van der Waals surface area contributed by atoms with Crippen molar-refractivity contribution in [3.05, 3.63) is 59.7 Å². The molecule has 0 spiro atoms. The molecule has 2 aromatic carbocycles. The van der Waals surface area contributed by atoms with Crippen LogP contribution in [0.3, 0.4) is 0 Å². The second-order valence-corrected chi connectivity index (χ2v) is 7.75. The summed E-state index contributed by atoms with van der Waals surface area (Å²) < 4.78 is 66.9. The number of hydrogen-bond acceptors (Lipinski definition) is 4. The molecule has 0 aromatic heterocycles. The first-order valence-electron chi connectivity index (χ1n) is 7.16. The van der Waals surface area contributed by atoms with Crippen molar-refractivity contribution in [3.8, 4) is 0 Å². The average molecular weight is 389 g/mol. The summed E-state index contributed by atoms with van der Waals surface area (Å²) in [6.45, 7) is 0. The maximum Gasteiger partial charge on any atom is 0.416 e. The Balaban J connectivity index is 2.04. The van der Waals surface area contributed by atoms with E-state index in [1.807, 2.05) is 6.07 Å². The van der Waals surface area contributed by atoms with Crippen molar-refractivity contribution in [2.24, 2.45) is 5.14 Å². The molecule has 0 radical (unpaired) electrons. The Bertz CT molecular complexity index is 873. The topological polar surface area (TPSA) is 75.4 Å². The second-order valence-electron chi connectivity index (χ2n) is 5.45. The third kappa shape index (κ3) is 3.92. The first-order chi connectivity index (χ1) is 11.7. The summed E-state index contributed by atoms with van der Waals surface area (Å²) in [7, 11) is -4.28. The van der Waals surface area contributed by atoms with E-state index in [-0.39, 0.29) is 12.1 Å². The van der Waals surface area contributed by atoms with Crippen molar-refractivity contribution >= 4 is 27.8 Å². The minimum atomic E-state index is -4.58. The lowest BCUT2D eigenvalue weighted by Crippen LogP contribution is -2.53. The first-order valence-corrected chi connectivity index (χ1v) is 9.48. The first kappa shape index (κ1) is 18.1. The van der Waals surface area contributed by atoms with Crippen LogP contribution in [0.15, 0.2) is 53.4 Å². The summed E-state index contributed by atoms with van der Waals surface area (Å²) >= 11 is 1.08. The zero-order chi connectivity index (χ0) is 18.2. The van der Waals surface area contributed by atoms with Crippen molar-refractivity contribution in [2.75, 3.05) is 4.31 Å². The van der Waals surface area contributed by atoms with Crippen LogP contribution in [-0.2, 0) is 22.8 Å². The highest BCUT2D eigenvalue weighted by atomic mass is 32.2. The molecule has 1 atom stereocenters. The molecule has 0 saturated heterocycles. The van der Waals surface area contributed by atoms with Gasteiger partial charge in [-0.05, 0) is 35.7 Å². The van der Waals surface area contributed by atoms with Gasteiger partial charge < -0.3 is 0 Å². The van der Waals surface area contributed by atoms with E-state index in [0.717, 1.165) is 33.9 Å². The molecule has 1 aliphatic rings. The van der Waals surface area contributed by atoms with Crippen molar-refractivity contribution in [2.45, 2.75) is 23.7 Å². The van der Waals surface area contributed by atoms with Gasteiger partial charge in [-0.3, -0.25) is 0 Å². The Hall–Kier alpha value is -1.75. The molecule has 5 nitrogen and oxygen atoms in total. The van der Waals surface area contributed by atoms with E-state index in [4.69, 9.17) is 5.14 Å². The number of benzene rings is 2. The van der Waals surface area contributed by atoms with E-state index in [0.29, 0.717) is 4.90 Å². The van der Waals surface area contributed by atoms with Crippen molar-refractivity contribution in [3.63, 3.8) is 0 Å². The molecule has 0 fully saturated rings. The van der Waals surface area contributed by atoms with Crippen LogP contribution in [0, 0.1) is 0 Å². The maximum absolute atomic E-state index is 13.0. The largest absolute Gasteiger partial charge is 0.416 e. The summed E-state index contributed by atoms with van der Waals surface area (Å²) in [5.74, 6) is 0. The lowest BCUT2D eigenvalue weighted by atomic mass is 10.1. The quantitative estimate of drug-likeness (QED) is 0.792. The molecule has 3 N–H and O–H groups in total. The number of alkyl halides is 3. The number of nitrogens with two attached hydrogens (primary N) is 1. The zero-order valence-electron chi connectivity index (χ0n) is 12.7. The summed E-state index contributed by atoms with van der Waals surface area (Å²) in [6.07, 6.45) is -5.14. The van der Waals surface area contributed by atoms with Gasteiger partial charge in [0.25, 0.3) is 10.2 Å². The number of anilines is 1. The van der Waals surface area contributed by atoms with Gasteiger partial charge in [0.15, 0.2) is 0 Å². The Morgan fingerprint density at radius 1 is 1.16 bits per heavy atom. The highest BCUT2D eigenvalue weighted by molar-refractivity contribution is 7.98. The minimum Gasteiger partial charge on any atom is -0.239 e. The molecular formula is C15H14F3N3O2S2. The monoisotopic (exact) mass is 389 g/mol. The van der Waals surface area contributed by atoms with Gasteiger partial charge >= 0.3 is 6.18 Å². The Kier molecular flexibility index (Phi) is 4.71. The van der Waals surface area contributed by atoms with Gasteiger partial charge in [0.05, 0.1) is 11.3 Å². The van der Waals surface area contributed by atoms with Gasteiger partial charge in [-0.25, -0.2) is 14.2 Å². The molecule has 0 bridgehead atoms. The van der Waals surface area contributed by atoms with Gasteiger partial charge in [0, 0.05) is 11.3 Å². The lowest BCUT2D eigenvalue weighted by Gasteiger charge is -2.36. The van der Waals surface area contributed by atoms with Crippen molar-refractivity contribution in [1.29, 1.82) is 0 Å². The Morgan fingerprint density at radius 2 is 1.84 bits per heavy atom. The zero-order valence-corrected chi connectivity index (χ0v) is 14.3. The summed E-state index contributed by atoms with van der Waals surface area (Å²) in [5, 5.41) is 5.30. The summed E-state index contributed by atoms with van der Waals surface area (Å²) in [4.78, 5) is 0.353. The summed E-state index contributed by atoms with van der Waals surface area (Å²) in [6, 6.07) is 12.0. The van der Waals surface area contributed by atoms with Crippen molar-refractivity contribution < 1.29 is 21.6 Å². The molecule has 1 heterocycles. The molecule has 1 aliphatic heterocycles. The molecule has 25 heavy (non-hydrogen) atoms. The maximum atomic E-state index is 13.0. The van der Waals surface area contributed by atoms with Crippen LogP contribution >= 0.6 is 11.9 Å². The van der Waals surface area contributed by atoms with E-state index in [2.05, 4.69) is 4.72 Å². The fourth-order valence-corrected chi connectivity index (χ4v) is 4.46. The second kappa shape index (κ2) is 6.52. The van der Waals surface area contributed by atoms with E-state index >= 15 is 0 Å². The molecule has 134 valence electrons.